The molecule has 1 spiro atoms. The van der Waals surface area contributed by atoms with Crippen LogP contribution in [-0.2, 0) is 5.41 Å². The van der Waals surface area contributed by atoms with Gasteiger partial charge in [0.05, 0.1) is 5.41 Å². The lowest BCUT2D eigenvalue weighted by Crippen LogP contribution is -2.32. The Labute approximate surface area is 179 Å². The molecule has 0 atom stereocenters. The summed E-state index contributed by atoms with van der Waals surface area (Å²) in [6.45, 7) is 3.97. The van der Waals surface area contributed by atoms with E-state index in [1.54, 1.807) is 11.8 Å². The van der Waals surface area contributed by atoms with Crippen LogP contribution in [-0.4, -0.2) is 0 Å². The van der Waals surface area contributed by atoms with Gasteiger partial charge in [0.15, 0.2) is 0 Å². The summed E-state index contributed by atoms with van der Waals surface area (Å²) in [4.78, 5) is 2.49. The van der Waals surface area contributed by atoms with E-state index in [0.717, 1.165) is 10.6 Å². The summed E-state index contributed by atoms with van der Waals surface area (Å²) in [6, 6.07) is 30.7. The highest BCUT2D eigenvalue weighted by molar-refractivity contribution is 7.99. The molecular weight excluding hydrogens is 392 g/mol. The van der Waals surface area contributed by atoms with E-state index in [-0.39, 0.29) is 5.41 Å². The summed E-state index contributed by atoms with van der Waals surface area (Å²) in [7, 11) is 0. The minimum absolute atomic E-state index is 0.326. The third kappa shape index (κ3) is 2.18. The molecule has 1 heterocycles. The molecule has 0 aromatic heterocycles. The molecule has 0 saturated carbocycles. The van der Waals surface area contributed by atoms with Crippen LogP contribution in [0.3, 0.4) is 0 Å². The van der Waals surface area contributed by atoms with Gasteiger partial charge in [0, 0.05) is 14.8 Å². The third-order valence-electron chi connectivity index (χ3n) is 6.17. The molecule has 0 radical (unpaired) electrons. The maximum absolute atomic E-state index is 6.43. The van der Waals surface area contributed by atoms with Gasteiger partial charge in [-0.1, -0.05) is 103 Å². The summed E-state index contributed by atoms with van der Waals surface area (Å²) < 4.78 is 0. The molecule has 1 aliphatic heterocycles. The van der Waals surface area contributed by atoms with E-state index in [9.17, 15) is 0 Å². The van der Waals surface area contributed by atoms with E-state index in [4.69, 9.17) is 11.6 Å². The summed E-state index contributed by atoms with van der Waals surface area (Å²) >= 11 is 8.23. The average molecular weight is 409 g/mol. The minimum Gasteiger partial charge on any atom is -0.0985 e. The first kappa shape index (κ1) is 17.1. The smallest absolute Gasteiger partial charge is 0.0735 e. The lowest BCUT2D eigenvalue weighted by atomic mass is 9.67. The zero-order valence-electron chi connectivity index (χ0n) is 15.7. The van der Waals surface area contributed by atoms with Crippen LogP contribution >= 0.6 is 23.4 Å². The van der Waals surface area contributed by atoms with Crippen LogP contribution in [0.2, 0.25) is 5.02 Å². The quantitative estimate of drug-likeness (QED) is 0.267. The molecule has 0 bridgehead atoms. The van der Waals surface area contributed by atoms with Crippen molar-refractivity contribution in [2.75, 3.05) is 0 Å². The Bertz CT molecular complexity index is 1270. The van der Waals surface area contributed by atoms with Gasteiger partial charge in [0.1, 0.15) is 0 Å². The van der Waals surface area contributed by atoms with E-state index < -0.39 is 0 Å². The van der Waals surface area contributed by atoms with Crippen molar-refractivity contribution >= 4 is 29.4 Å². The van der Waals surface area contributed by atoms with Gasteiger partial charge >= 0.3 is 0 Å². The van der Waals surface area contributed by atoms with Gasteiger partial charge in [-0.3, -0.25) is 0 Å². The highest BCUT2D eigenvalue weighted by Crippen LogP contribution is 2.62. The fourth-order valence-corrected chi connectivity index (χ4v) is 6.55. The number of fused-ring (bicyclic) bond motifs is 9. The maximum Gasteiger partial charge on any atom is 0.0735 e. The van der Waals surface area contributed by atoms with Gasteiger partial charge in [-0.05, 0) is 57.1 Å². The van der Waals surface area contributed by atoms with Gasteiger partial charge in [-0.25, -0.2) is 0 Å². The van der Waals surface area contributed by atoms with Crippen LogP contribution in [0.4, 0.5) is 0 Å². The van der Waals surface area contributed by atoms with E-state index in [2.05, 4.69) is 85.4 Å². The second-order valence-corrected chi connectivity index (χ2v) is 9.06. The Morgan fingerprint density at radius 1 is 0.690 bits per heavy atom. The first-order valence-electron chi connectivity index (χ1n) is 9.67. The molecule has 0 unspecified atom stereocenters. The van der Waals surface area contributed by atoms with Crippen molar-refractivity contribution in [2.24, 2.45) is 0 Å². The second-order valence-electron chi connectivity index (χ2n) is 7.54. The molecule has 138 valence electrons. The van der Waals surface area contributed by atoms with Crippen molar-refractivity contribution in [3.05, 3.63) is 124 Å². The largest absolute Gasteiger partial charge is 0.0985 e. The van der Waals surface area contributed by atoms with Crippen LogP contribution < -0.4 is 0 Å². The summed E-state index contributed by atoms with van der Waals surface area (Å²) in [5, 5.41) is 0.772. The van der Waals surface area contributed by atoms with Gasteiger partial charge in [0.25, 0.3) is 0 Å². The molecule has 2 aliphatic rings. The van der Waals surface area contributed by atoms with Crippen LogP contribution in [0.25, 0.3) is 17.2 Å². The van der Waals surface area contributed by atoms with Gasteiger partial charge in [-0.2, -0.15) is 0 Å². The Kier molecular flexibility index (Phi) is 3.62. The Morgan fingerprint density at radius 2 is 1.28 bits per heavy atom. The molecule has 4 aromatic carbocycles. The monoisotopic (exact) mass is 408 g/mol. The van der Waals surface area contributed by atoms with E-state index >= 15 is 0 Å². The number of rotatable bonds is 1. The normalized spacial score (nSPS) is 14.7. The lowest BCUT2D eigenvalue weighted by molar-refractivity contribution is 0.722. The van der Waals surface area contributed by atoms with Gasteiger partial charge < -0.3 is 0 Å². The number of benzene rings is 4. The zero-order valence-corrected chi connectivity index (χ0v) is 17.2. The molecule has 6 rings (SSSR count). The predicted octanol–water partition coefficient (Wildman–Crippen LogP) is 7.81. The molecular formula is C27H17ClS. The maximum atomic E-state index is 6.43. The molecule has 0 saturated heterocycles. The molecule has 0 nitrogen and oxygen atoms in total. The lowest BCUT2D eigenvalue weighted by Gasteiger charge is -2.39. The van der Waals surface area contributed by atoms with Crippen LogP contribution in [0, 0.1) is 0 Å². The summed E-state index contributed by atoms with van der Waals surface area (Å²) in [5.74, 6) is 0. The van der Waals surface area contributed by atoms with Crippen molar-refractivity contribution in [3.8, 4) is 11.1 Å². The second kappa shape index (κ2) is 6.13. The SMILES string of the molecule is C=Cc1ccc2c(c1)Sc1cc(Cl)ccc1C21c2ccccc2-c2ccccc21. The fraction of sp³-hybridized carbons (Fsp3) is 0.0370. The first-order chi connectivity index (χ1) is 14.2. The number of halogens is 1. The van der Waals surface area contributed by atoms with E-state index in [1.165, 1.54) is 43.2 Å². The molecule has 29 heavy (non-hydrogen) atoms. The van der Waals surface area contributed by atoms with Crippen LogP contribution in [0.1, 0.15) is 27.8 Å². The van der Waals surface area contributed by atoms with Gasteiger partial charge in [-0.15, -0.1) is 0 Å². The number of hydrogen-bond donors (Lipinski definition) is 0. The molecule has 4 aromatic rings. The van der Waals surface area contributed by atoms with E-state index in [0.29, 0.717) is 0 Å². The first-order valence-corrected chi connectivity index (χ1v) is 10.9. The molecule has 2 heteroatoms. The Hall–Kier alpha value is -2.74. The minimum atomic E-state index is -0.326. The van der Waals surface area contributed by atoms with Crippen LogP contribution in [0.5, 0.6) is 0 Å². The average Bonchev–Trinajstić information content (AvgIpc) is 3.05. The Balaban J connectivity index is 1.82. The standard InChI is InChI=1S/C27H17ClS/c1-2-17-11-13-23-25(15-17)29-26-16-18(28)12-14-24(26)27(23)21-9-5-3-7-19(21)20-8-4-6-10-22(20)27/h2-16H,1H2. The molecule has 1 aliphatic carbocycles. The van der Waals surface area contributed by atoms with Crippen molar-refractivity contribution in [3.63, 3.8) is 0 Å². The molecule has 0 fully saturated rings. The van der Waals surface area contributed by atoms with Crippen molar-refractivity contribution in [1.29, 1.82) is 0 Å². The van der Waals surface area contributed by atoms with Crippen molar-refractivity contribution in [2.45, 2.75) is 15.2 Å². The highest BCUT2D eigenvalue weighted by Gasteiger charge is 2.49. The molecule has 0 amide bonds. The van der Waals surface area contributed by atoms with Gasteiger partial charge in [0.2, 0.25) is 0 Å². The molecule has 0 N–H and O–H groups in total. The van der Waals surface area contributed by atoms with Crippen molar-refractivity contribution in [1.82, 2.24) is 0 Å². The van der Waals surface area contributed by atoms with Crippen molar-refractivity contribution < 1.29 is 0 Å². The fourth-order valence-electron chi connectivity index (χ4n) is 5.03. The summed E-state index contributed by atoms with van der Waals surface area (Å²) in [6.07, 6.45) is 1.91. The number of hydrogen-bond acceptors (Lipinski definition) is 1. The third-order valence-corrected chi connectivity index (χ3v) is 7.52. The predicted molar refractivity (Wildman–Crippen MR) is 123 cm³/mol. The summed E-state index contributed by atoms with van der Waals surface area (Å²) in [5.41, 5.74) is 8.77. The van der Waals surface area contributed by atoms with Crippen LogP contribution in [0.15, 0.2) is 101 Å². The highest BCUT2D eigenvalue weighted by atomic mass is 35.5. The topological polar surface area (TPSA) is 0 Å². The van der Waals surface area contributed by atoms with E-state index in [1.807, 2.05) is 12.1 Å². The zero-order chi connectivity index (χ0) is 19.6. The Morgan fingerprint density at radius 3 is 1.93 bits per heavy atom.